The molecule has 1 saturated carbocycles. The molecule has 0 aromatic heterocycles. The zero-order valence-electron chi connectivity index (χ0n) is 13.6. The van der Waals surface area contributed by atoms with Crippen molar-refractivity contribution in [1.82, 2.24) is 10.2 Å². The zero-order valence-corrected chi connectivity index (χ0v) is 13.6. The van der Waals surface area contributed by atoms with Crippen molar-refractivity contribution in [2.24, 2.45) is 17.1 Å². The quantitative estimate of drug-likeness (QED) is 0.617. The van der Waals surface area contributed by atoms with Gasteiger partial charge in [-0.2, -0.15) is 0 Å². The van der Waals surface area contributed by atoms with Crippen molar-refractivity contribution in [2.45, 2.75) is 64.8 Å². The van der Waals surface area contributed by atoms with Crippen molar-refractivity contribution in [3.63, 3.8) is 0 Å². The van der Waals surface area contributed by atoms with E-state index in [0.29, 0.717) is 19.0 Å². The normalized spacial score (nSPS) is 30.1. The molecule has 1 heterocycles. The van der Waals surface area contributed by atoms with E-state index in [1.165, 1.54) is 4.90 Å². The molecule has 120 valence electrons. The predicted octanol–water partition coefficient (Wildman–Crippen LogP) is 2.25. The van der Waals surface area contributed by atoms with Crippen molar-refractivity contribution in [3.05, 3.63) is 0 Å². The highest BCUT2D eigenvalue weighted by Crippen LogP contribution is 2.43. The van der Waals surface area contributed by atoms with Gasteiger partial charge in [0.25, 0.3) is 5.91 Å². The Morgan fingerprint density at radius 3 is 2.38 bits per heavy atom. The molecule has 1 saturated heterocycles. The van der Waals surface area contributed by atoms with Gasteiger partial charge in [-0.25, -0.2) is 4.79 Å². The molecule has 5 nitrogen and oxygen atoms in total. The highest BCUT2D eigenvalue weighted by molar-refractivity contribution is 6.07. The molecule has 3 amide bonds. The molecule has 0 radical (unpaired) electrons. The number of carbonyl (C=O) groups excluding carboxylic acids is 2. The van der Waals surface area contributed by atoms with E-state index in [4.69, 9.17) is 5.73 Å². The summed E-state index contributed by atoms with van der Waals surface area (Å²) in [4.78, 5) is 26.1. The molecule has 2 aliphatic rings. The summed E-state index contributed by atoms with van der Waals surface area (Å²) >= 11 is 0. The summed E-state index contributed by atoms with van der Waals surface area (Å²) < 4.78 is 0. The number of hydrogen-bond donors (Lipinski definition) is 2. The molecule has 0 unspecified atom stereocenters. The van der Waals surface area contributed by atoms with E-state index in [-0.39, 0.29) is 17.4 Å². The molecular formula is C16H29N3O2. The SMILES string of the molecule is CC(C)(C)C1CCC2(CC1)NC(=O)N(CCCCN)C2=O. The number of amides is 3. The fraction of sp³-hybridized carbons (Fsp3) is 0.875. The maximum Gasteiger partial charge on any atom is 0.325 e. The first-order valence-corrected chi connectivity index (χ1v) is 8.14. The molecule has 0 aromatic carbocycles. The van der Waals surface area contributed by atoms with Crippen LogP contribution in [0, 0.1) is 11.3 Å². The van der Waals surface area contributed by atoms with E-state index in [1.807, 2.05) is 0 Å². The van der Waals surface area contributed by atoms with Crippen molar-refractivity contribution in [1.29, 1.82) is 0 Å². The number of nitrogens with one attached hydrogen (secondary N) is 1. The van der Waals surface area contributed by atoms with E-state index in [0.717, 1.165) is 38.5 Å². The van der Waals surface area contributed by atoms with Crippen molar-refractivity contribution in [2.75, 3.05) is 13.1 Å². The van der Waals surface area contributed by atoms with Crippen LogP contribution in [0.3, 0.4) is 0 Å². The Morgan fingerprint density at radius 1 is 1.24 bits per heavy atom. The van der Waals surface area contributed by atoms with Gasteiger partial charge in [-0.05, 0) is 56.4 Å². The van der Waals surface area contributed by atoms with Crippen LogP contribution in [0.15, 0.2) is 0 Å². The average Bonchev–Trinajstić information content (AvgIpc) is 2.63. The number of rotatable bonds is 4. The van der Waals surface area contributed by atoms with Crippen LogP contribution < -0.4 is 11.1 Å². The summed E-state index contributed by atoms with van der Waals surface area (Å²) in [7, 11) is 0. The fourth-order valence-corrected chi connectivity index (χ4v) is 3.61. The Hall–Kier alpha value is -1.10. The van der Waals surface area contributed by atoms with Gasteiger partial charge in [-0.15, -0.1) is 0 Å². The third kappa shape index (κ3) is 3.23. The van der Waals surface area contributed by atoms with Gasteiger partial charge < -0.3 is 11.1 Å². The largest absolute Gasteiger partial charge is 0.330 e. The predicted molar refractivity (Wildman–Crippen MR) is 82.7 cm³/mol. The average molecular weight is 295 g/mol. The monoisotopic (exact) mass is 295 g/mol. The van der Waals surface area contributed by atoms with Crippen molar-refractivity contribution < 1.29 is 9.59 Å². The van der Waals surface area contributed by atoms with Crippen LogP contribution in [-0.2, 0) is 4.79 Å². The Kier molecular flexibility index (Phi) is 4.61. The molecule has 2 rings (SSSR count). The van der Waals surface area contributed by atoms with Crippen molar-refractivity contribution in [3.8, 4) is 0 Å². The van der Waals surface area contributed by atoms with Gasteiger partial charge in [0.15, 0.2) is 0 Å². The Morgan fingerprint density at radius 2 is 1.86 bits per heavy atom. The number of urea groups is 1. The van der Waals surface area contributed by atoms with Gasteiger partial charge in [0.1, 0.15) is 5.54 Å². The molecule has 2 fully saturated rings. The second-order valence-corrected chi connectivity index (χ2v) is 7.61. The van der Waals surface area contributed by atoms with Crippen LogP contribution in [0.2, 0.25) is 0 Å². The summed E-state index contributed by atoms with van der Waals surface area (Å²) in [5.74, 6) is 0.607. The summed E-state index contributed by atoms with van der Waals surface area (Å²) in [6.45, 7) is 7.85. The number of unbranched alkanes of at least 4 members (excludes halogenated alkanes) is 1. The molecule has 1 aliphatic heterocycles. The van der Waals surface area contributed by atoms with Crippen LogP contribution in [-0.4, -0.2) is 35.5 Å². The van der Waals surface area contributed by atoms with Gasteiger partial charge in [0.2, 0.25) is 0 Å². The minimum atomic E-state index is -0.623. The van der Waals surface area contributed by atoms with Gasteiger partial charge in [-0.3, -0.25) is 9.69 Å². The zero-order chi connectivity index (χ0) is 15.7. The van der Waals surface area contributed by atoms with Crippen LogP contribution in [0.25, 0.3) is 0 Å². The highest BCUT2D eigenvalue weighted by Gasteiger charge is 2.52. The second-order valence-electron chi connectivity index (χ2n) is 7.61. The fourth-order valence-electron chi connectivity index (χ4n) is 3.61. The van der Waals surface area contributed by atoms with E-state index >= 15 is 0 Å². The first-order valence-electron chi connectivity index (χ1n) is 8.14. The molecule has 1 aliphatic carbocycles. The summed E-state index contributed by atoms with van der Waals surface area (Å²) in [5, 5.41) is 2.97. The smallest absolute Gasteiger partial charge is 0.325 e. The lowest BCUT2D eigenvalue weighted by Gasteiger charge is -2.40. The molecule has 0 bridgehead atoms. The lowest BCUT2D eigenvalue weighted by Crippen LogP contribution is -2.50. The molecule has 1 spiro atoms. The Labute approximate surface area is 127 Å². The lowest BCUT2D eigenvalue weighted by molar-refractivity contribution is -0.133. The van der Waals surface area contributed by atoms with Gasteiger partial charge >= 0.3 is 6.03 Å². The van der Waals surface area contributed by atoms with E-state index < -0.39 is 5.54 Å². The molecular weight excluding hydrogens is 266 g/mol. The maximum atomic E-state index is 12.7. The number of nitrogens with zero attached hydrogens (tertiary/aromatic N) is 1. The first kappa shape index (κ1) is 16.3. The highest BCUT2D eigenvalue weighted by atomic mass is 16.2. The molecule has 3 N–H and O–H groups in total. The molecule has 0 atom stereocenters. The van der Waals surface area contributed by atoms with Crippen LogP contribution in [0.5, 0.6) is 0 Å². The van der Waals surface area contributed by atoms with Gasteiger partial charge in [0.05, 0.1) is 0 Å². The first-order chi connectivity index (χ1) is 9.80. The lowest BCUT2D eigenvalue weighted by atomic mass is 9.67. The molecule has 5 heteroatoms. The summed E-state index contributed by atoms with van der Waals surface area (Å²) in [6, 6.07) is -0.216. The second kappa shape index (κ2) is 5.95. The minimum absolute atomic E-state index is 0.0168. The Balaban J connectivity index is 1.99. The third-order valence-electron chi connectivity index (χ3n) is 5.15. The topological polar surface area (TPSA) is 75.4 Å². The third-order valence-corrected chi connectivity index (χ3v) is 5.15. The van der Waals surface area contributed by atoms with E-state index in [9.17, 15) is 9.59 Å². The number of hydrogen-bond acceptors (Lipinski definition) is 3. The Bertz CT molecular complexity index is 406. The minimum Gasteiger partial charge on any atom is -0.330 e. The van der Waals surface area contributed by atoms with Crippen molar-refractivity contribution >= 4 is 11.9 Å². The number of nitrogens with two attached hydrogens (primary N) is 1. The van der Waals surface area contributed by atoms with E-state index in [1.54, 1.807) is 0 Å². The van der Waals surface area contributed by atoms with Crippen LogP contribution in [0.1, 0.15) is 59.3 Å². The maximum absolute atomic E-state index is 12.7. The number of carbonyl (C=O) groups is 2. The van der Waals surface area contributed by atoms with E-state index in [2.05, 4.69) is 26.1 Å². The number of imide groups is 1. The summed E-state index contributed by atoms with van der Waals surface area (Å²) in [6.07, 6.45) is 5.19. The summed E-state index contributed by atoms with van der Waals surface area (Å²) in [5.41, 5.74) is 5.12. The van der Waals surface area contributed by atoms with Gasteiger partial charge in [-0.1, -0.05) is 20.8 Å². The van der Waals surface area contributed by atoms with Crippen LogP contribution >= 0.6 is 0 Å². The molecule has 21 heavy (non-hydrogen) atoms. The van der Waals surface area contributed by atoms with Crippen LogP contribution in [0.4, 0.5) is 4.79 Å². The standard InChI is InChI=1S/C16H29N3O2/c1-15(2,3)12-6-8-16(9-7-12)13(20)19(14(21)18-16)11-5-4-10-17/h12H,4-11,17H2,1-3H3,(H,18,21). The van der Waals surface area contributed by atoms with Gasteiger partial charge in [0, 0.05) is 6.54 Å². The molecule has 0 aromatic rings.